The van der Waals surface area contributed by atoms with Gasteiger partial charge in [0.15, 0.2) is 0 Å². The molecule has 0 spiro atoms. The quantitative estimate of drug-likeness (QED) is 0.855. The summed E-state index contributed by atoms with van der Waals surface area (Å²) in [4.78, 5) is 2.39. The molecule has 1 aliphatic rings. The van der Waals surface area contributed by atoms with E-state index in [9.17, 15) is 5.11 Å². The van der Waals surface area contributed by atoms with Gasteiger partial charge in [0.05, 0.1) is 5.60 Å². The van der Waals surface area contributed by atoms with E-state index in [1.54, 1.807) is 0 Å². The van der Waals surface area contributed by atoms with Crippen molar-refractivity contribution >= 4 is 0 Å². The third-order valence-electron chi connectivity index (χ3n) is 3.84. The molecule has 1 aromatic rings. The van der Waals surface area contributed by atoms with Crippen LogP contribution in [-0.2, 0) is 6.54 Å². The first-order valence-electron chi connectivity index (χ1n) is 6.81. The van der Waals surface area contributed by atoms with Gasteiger partial charge in [-0.1, -0.05) is 30.3 Å². The highest BCUT2D eigenvalue weighted by molar-refractivity contribution is 5.14. The first-order valence-corrected chi connectivity index (χ1v) is 6.81. The van der Waals surface area contributed by atoms with E-state index < -0.39 is 5.60 Å². The van der Waals surface area contributed by atoms with Gasteiger partial charge in [0.2, 0.25) is 0 Å². The summed E-state index contributed by atoms with van der Waals surface area (Å²) in [5, 5.41) is 19.4. The van der Waals surface area contributed by atoms with Gasteiger partial charge in [-0.15, -0.1) is 0 Å². The Morgan fingerprint density at radius 2 is 1.89 bits per heavy atom. The number of aliphatic hydroxyl groups excluding tert-OH is 1. The van der Waals surface area contributed by atoms with Crippen LogP contribution in [0.25, 0.3) is 0 Å². The van der Waals surface area contributed by atoms with Crippen molar-refractivity contribution in [1.29, 1.82) is 0 Å². The van der Waals surface area contributed by atoms with Crippen LogP contribution in [0, 0.1) is 0 Å². The van der Waals surface area contributed by atoms with Crippen molar-refractivity contribution in [3.8, 4) is 0 Å². The molecule has 0 aromatic heterocycles. The Labute approximate surface area is 109 Å². The van der Waals surface area contributed by atoms with Gasteiger partial charge in [0, 0.05) is 19.7 Å². The maximum absolute atomic E-state index is 10.3. The normalized spacial score (nSPS) is 25.9. The highest BCUT2D eigenvalue weighted by atomic mass is 16.3. The average molecular weight is 249 g/mol. The number of likely N-dealkylation sites (tertiary alicyclic amines) is 1. The van der Waals surface area contributed by atoms with Gasteiger partial charge < -0.3 is 10.2 Å². The maximum atomic E-state index is 10.3. The van der Waals surface area contributed by atoms with Crippen molar-refractivity contribution in [3.05, 3.63) is 35.9 Å². The van der Waals surface area contributed by atoms with Crippen LogP contribution in [0.5, 0.6) is 0 Å². The Morgan fingerprint density at radius 1 is 1.11 bits per heavy atom. The lowest BCUT2D eigenvalue weighted by Crippen LogP contribution is -2.32. The molecule has 3 nitrogen and oxygen atoms in total. The van der Waals surface area contributed by atoms with E-state index >= 15 is 0 Å². The van der Waals surface area contributed by atoms with E-state index in [1.165, 1.54) is 5.56 Å². The maximum Gasteiger partial charge on any atom is 0.0682 e. The molecule has 1 aromatic carbocycles. The second kappa shape index (κ2) is 6.32. The zero-order chi connectivity index (χ0) is 12.8. The zero-order valence-electron chi connectivity index (χ0n) is 10.9. The van der Waals surface area contributed by atoms with Gasteiger partial charge in [-0.25, -0.2) is 0 Å². The smallest absolute Gasteiger partial charge is 0.0682 e. The summed E-state index contributed by atoms with van der Waals surface area (Å²) in [5.74, 6) is 0. The van der Waals surface area contributed by atoms with E-state index in [0.29, 0.717) is 6.42 Å². The Hall–Kier alpha value is -0.900. The molecular weight excluding hydrogens is 226 g/mol. The summed E-state index contributed by atoms with van der Waals surface area (Å²) < 4.78 is 0. The number of aliphatic hydroxyl groups is 2. The van der Waals surface area contributed by atoms with Gasteiger partial charge >= 0.3 is 0 Å². The van der Waals surface area contributed by atoms with Crippen molar-refractivity contribution < 1.29 is 10.2 Å². The summed E-state index contributed by atoms with van der Waals surface area (Å²) in [6, 6.07) is 10.5. The molecule has 100 valence electrons. The van der Waals surface area contributed by atoms with Crippen molar-refractivity contribution in [2.75, 3.05) is 19.7 Å². The molecule has 2 rings (SSSR count). The standard InChI is InChI=1S/C15H23NO2/c17-12-9-15(18)7-4-10-16(11-8-15)13-14-5-2-1-3-6-14/h1-3,5-6,17-18H,4,7-13H2. The van der Waals surface area contributed by atoms with Crippen molar-refractivity contribution in [2.45, 2.75) is 37.8 Å². The van der Waals surface area contributed by atoms with Gasteiger partial charge in [-0.05, 0) is 37.8 Å². The zero-order valence-corrected chi connectivity index (χ0v) is 10.9. The average Bonchev–Trinajstić information content (AvgIpc) is 2.54. The Morgan fingerprint density at radius 3 is 2.61 bits per heavy atom. The molecule has 1 aliphatic heterocycles. The van der Waals surface area contributed by atoms with Crippen molar-refractivity contribution in [2.24, 2.45) is 0 Å². The molecule has 3 heteroatoms. The Bertz CT molecular complexity index is 355. The molecule has 18 heavy (non-hydrogen) atoms. The lowest BCUT2D eigenvalue weighted by atomic mass is 9.92. The largest absolute Gasteiger partial charge is 0.396 e. The number of hydrogen-bond donors (Lipinski definition) is 2. The molecule has 2 N–H and O–H groups in total. The van der Waals surface area contributed by atoms with Gasteiger partial charge in [0.1, 0.15) is 0 Å². The van der Waals surface area contributed by atoms with Crippen molar-refractivity contribution in [1.82, 2.24) is 4.90 Å². The first-order chi connectivity index (χ1) is 8.72. The minimum Gasteiger partial charge on any atom is -0.396 e. The molecule has 1 fully saturated rings. The van der Waals surface area contributed by atoms with E-state index in [-0.39, 0.29) is 6.61 Å². The monoisotopic (exact) mass is 249 g/mol. The predicted octanol–water partition coefficient (Wildman–Crippen LogP) is 1.79. The molecule has 1 unspecified atom stereocenters. The SMILES string of the molecule is OCCC1(O)CCCN(Cc2ccccc2)CC1. The second-order valence-electron chi connectivity index (χ2n) is 5.31. The number of benzene rings is 1. The molecule has 0 bridgehead atoms. The van der Waals surface area contributed by atoms with Crippen LogP contribution in [0.4, 0.5) is 0 Å². The van der Waals surface area contributed by atoms with E-state index in [1.807, 2.05) is 6.07 Å². The second-order valence-corrected chi connectivity index (χ2v) is 5.31. The fourth-order valence-corrected chi connectivity index (χ4v) is 2.69. The lowest BCUT2D eigenvalue weighted by molar-refractivity contribution is 0.00261. The molecular formula is C15H23NO2. The number of nitrogens with zero attached hydrogens (tertiary/aromatic N) is 1. The third-order valence-corrected chi connectivity index (χ3v) is 3.84. The summed E-state index contributed by atoms with van der Waals surface area (Å²) in [6.07, 6.45) is 3.08. The molecule has 1 heterocycles. The minimum atomic E-state index is -0.653. The molecule has 0 radical (unpaired) electrons. The highest BCUT2D eigenvalue weighted by Gasteiger charge is 2.29. The summed E-state index contributed by atoms with van der Waals surface area (Å²) in [7, 11) is 0. The number of hydrogen-bond acceptors (Lipinski definition) is 3. The van der Waals surface area contributed by atoms with Crippen molar-refractivity contribution in [3.63, 3.8) is 0 Å². The number of rotatable bonds is 4. The lowest BCUT2D eigenvalue weighted by Gasteiger charge is -2.26. The summed E-state index contributed by atoms with van der Waals surface area (Å²) in [5.41, 5.74) is 0.672. The molecule has 0 aliphatic carbocycles. The van der Waals surface area contributed by atoms with Gasteiger partial charge in [0.25, 0.3) is 0 Å². The van der Waals surface area contributed by atoms with Crippen LogP contribution >= 0.6 is 0 Å². The van der Waals surface area contributed by atoms with Crippen LogP contribution in [0.2, 0.25) is 0 Å². The summed E-state index contributed by atoms with van der Waals surface area (Å²) in [6.45, 7) is 2.97. The minimum absolute atomic E-state index is 0.0786. The predicted molar refractivity (Wildman–Crippen MR) is 72.2 cm³/mol. The van der Waals surface area contributed by atoms with Crippen LogP contribution in [0.1, 0.15) is 31.2 Å². The molecule has 0 saturated carbocycles. The van der Waals surface area contributed by atoms with E-state index in [2.05, 4.69) is 29.2 Å². The Balaban J connectivity index is 1.89. The van der Waals surface area contributed by atoms with Crippen LogP contribution in [0.3, 0.4) is 0 Å². The molecule has 1 atom stereocenters. The van der Waals surface area contributed by atoms with Crippen LogP contribution in [-0.4, -0.2) is 40.4 Å². The Kier molecular flexibility index (Phi) is 4.75. The fraction of sp³-hybridized carbons (Fsp3) is 0.600. The fourth-order valence-electron chi connectivity index (χ4n) is 2.69. The molecule has 1 saturated heterocycles. The van der Waals surface area contributed by atoms with Gasteiger partial charge in [-0.2, -0.15) is 0 Å². The first kappa shape index (κ1) is 13.5. The topological polar surface area (TPSA) is 43.7 Å². The third kappa shape index (κ3) is 3.80. The van der Waals surface area contributed by atoms with Crippen LogP contribution < -0.4 is 0 Å². The van der Waals surface area contributed by atoms with E-state index in [0.717, 1.165) is 38.9 Å². The van der Waals surface area contributed by atoms with Gasteiger partial charge in [-0.3, -0.25) is 4.90 Å². The summed E-state index contributed by atoms with van der Waals surface area (Å²) >= 11 is 0. The molecule has 0 amide bonds. The van der Waals surface area contributed by atoms with Crippen LogP contribution in [0.15, 0.2) is 30.3 Å². The van der Waals surface area contributed by atoms with E-state index in [4.69, 9.17) is 5.11 Å². The highest BCUT2D eigenvalue weighted by Crippen LogP contribution is 2.26.